The van der Waals surface area contributed by atoms with Crippen molar-refractivity contribution in [3.05, 3.63) is 41.5 Å². The second-order valence-corrected chi connectivity index (χ2v) is 4.27. The molecule has 0 radical (unpaired) electrons. The summed E-state index contributed by atoms with van der Waals surface area (Å²) in [7, 11) is 0. The predicted molar refractivity (Wildman–Crippen MR) is 65.7 cm³/mol. The van der Waals surface area contributed by atoms with Gasteiger partial charge in [0, 0.05) is 6.04 Å². The molecule has 1 fully saturated rings. The minimum Gasteiger partial charge on any atom is -0.314 e. The summed E-state index contributed by atoms with van der Waals surface area (Å²) in [6.07, 6.45) is 1.97. The lowest BCUT2D eigenvalue weighted by molar-refractivity contribution is 0.495. The van der Waals surface area contributed by atoms with Crippen molar-refractivity contribution in [2.45, 2.75) is 25.8 Å². The highest BCUT2D eigenvalue weighted by Crippen LogP contribution is 2.25. The lowest BCUT2D eigenvalue weighted by Crippen LogP contribution is -2.32. The largest absolute Gasteiger partial charge is 0.314 e. The fourth-order valence-corrected chi connectivity index (χ4v) is 2.19. The predicted octanol–water partition coefficient (Wildman–Crippen LogP) is 2.74. The number of nitrogens with zero attached hydrogens (tertiary/aromatic N) is 1. The molecular weight excluding hydrogens is 196 g/mol. The van der Waals surface area contributed by atoms with Gasteiger partial charge in [-0.15, -0.1) is 0 Å². The molecule has 0 aromatic heterocycles. The number of allylic oxidation sites excluding steroid dienone is 1. The maximum atomic E-state index is 9.29. The third kappa shape index (κ3) is 2.32. The summed E-state index contributed by atoms with van der Waals surface area (Å²) >= 11 is 0. The fraction of sp³-hybridized carbons (Fsp3) is 0.357. The molecule has 1 saturated heterocycles. The summed E-state index contributed by atoms with van der Waals surface area (Å²) in [4.78, 5) is 0. The van der Waals surface area contributed by atoms with Crippen molar-refractivity contribution in [3.63, 3.8) is 0 Å². The van der Waals surface area contributed by atoms with Crippen LogP contribution in [0.25, 0.3) is 5.57 Å². The summed E-state index contributed by atoms with van der Waals surface area (Å²) in [6, 6.07) is 12.8. The highest BCUT2D eigenvalue weighted by Gasteiger charge is 2.16. The Labute approximate surface area is 96.6 Å². The first kappa shape index (κ1) is 10.9. The molecule has 2 nitrogen and oxygen atoms in total. The number of hydrogen-bond donors (Lipinski definition) is 1. The first-order valence-electron chi connectivity index (χ1n) is 5.72. The molecule has 0 aliphatic carbocycles. The third-order valence-corrected chi connectivity index (χ3v) is 3.00. The van der Waals surface area contributed by atoms with Crippen molar-refractivity contribution in [1.29, 1.82) is 5.26 Å². The van der Waals surface area contributed by atoms with Crippen molar-refractivity contribution in [2.75, 3.05) is 6.54 Å². The van der Waals surface area contributed by atoms with Gasteiger partial charge in [-0.1, -0.05) is 30.3 Å². The quantitative estimate of drug-likeness (QED) is 0.726. The van der Waals surface area contributed by atoms with E-state index in [0.717, 1.165) is 30.5 Å². The highest BCUT2D eigenvalue weighted by atomic mass is 14.9. The fourth-order valence-electron chi connectivity index (χ4n) is 2.19. The van der Waals surface area contributed by atoms with Crippen LogP contribution in [-0.4, -0.2) is 12.6 Å². The van der Waals surface area contributed by atoms with Crippen molar-refractivity contribution < 1.29 is 0 Å². The second kappa shape index (κ2) is 4.96. The molecule has 1 atom stereocenters. The Kier molecular flexibility index (Phi) is 3.38. The van der Waals surface area contributed by atoms with E-state index in [0.29, 0.717) is 6.04 Å². The topological polar surface area (TPSA) is 35.8 Å². The van der Waals surface area contributed by atoms with Gasteiger partial charge in [0.15, 0.2) is 0 Å². The van der Waals surface area contributed by atoms with E-state index in [9.17, 15) is 5.26 Å². The zero-order chi connectivity index (χ0) is 11.4. The van der Waals surface area contributed by atoms with Crippen LogP contribution >= 0.6 is 0 Å². The van der Waals surface area contributed by atoms with Gasteiger partial charge >= 0.3 is 0 Å². The van der Waals surface area contributed by atoms with Crippen LogP contribution < -0.4 is 5.32 Å². The second-order valence-electron chi connectivity index (χ2n) is 4.27. The zero-order valence-electron chi connectivity index (χ0n) is 9.53. The molecule has 16 heavy (non-hydrogen) atoms. The SMILES string of the molecule is CC1CC(=C(C#N)c2ccccc2)CCN1. The summed E-state index contributed by atoms with van der Waals surface area (Å²) in [6.45, 7) is 3.15. The van der Waals surface area contributed by atoms with Crippen LogP contribution in [0.2, 0.25) is 0 Å². The lowest BCUT2D eigenvalue weighted by atomic mass is 9.92. The minimum atomic E-state index is 0.482. The maximum Gasteiger partial charge on any atom is 0.0997 e. The van der Waals surface area contributed by atoms with Gasteiger partial charge in [0.25, 0.3) is 0 Å². The minimum absolute atomic E-state index is 0.482. The van der Waals surface area contributed by atoms with E-state index in [2.05, 4.69) is 18.3 Å². The molecule has 1 aromatic carbocycles. The van der Waals surface area contributed by atoms with E-state index in [1.165, 1.54) is 5.57 Å². The Morgan fingerprint density at radius 1 is 1.38 bits per heavy atom. The van der Waals surface area contributed by atoms with Crippen LogP contribution in [-0.2, 0) is 0 Å². The molecule has 82 valence electrons. The number of nitrogens with one attached hydrogen (secondary N) is 1. The van der Waals surface area contributed by atoms with Crippen LogP contribution in [0.3, 0.4) is 0 Å². The molecule has 0 amide bonds. The normalized spacial score (nSPS) is 23.6. The molecule has 2 rings (SSSR count). The van der Waals surface area contributed by atoms with Gasteiger partial charge in [-0.05, 0) is 37.4 Å². The van der Waals surface area contributed by atoms with Crippen molar-refractivity contribution in [3.8, 4) is 6.07 Å². The van der Waals surface area contributed by atoms with Crippen molar-refractivity contribution >= 4 is 5.57 Å². The van der Waals surface area contributed by atoms with Crippen LogP contribution in [0.4, 0.5) is 0 Å². The first-order valence-corrected chi connectivity index (χ1v) is 5.72. The Morgan fingerprint density at radius 2 is 2.12 bits per heavy atom. The van der Waals surface area contributed by atoms with Gasteiger partial charge in [0.2, 0.25) is 0 Å². The Hall–Kier alpha value is -1.59. The van der Waals surface area contributed by atoms with Gasteiger partial charge in [-0.2, -0.15) is 5.26 Å². The van der Waals surface area contributed by atoms with Crippen molar-refractivity contribution in [1.82, 2.24) is 5.32 Å². The number of benzene rings is 1. The van der Waals surface area contributed by atoms with E-state index in [1.807, 2.05) is 30.3 Å². The molecule has 2 heteroatoms. The number of hydrogen-bond acceptors (Lipinski definition) is 2. The molecule has 1 unspecified atom stereocenters. The number of piperidine rings is 1. The average molecular weight is 212 g/mol. The van der Waals surface area contributed by atoms with Crippen LogP contribution in [0.15, 0.2) is 35.9 Å². The number of rotatable bonds is 1. The van der Waals surface area contributed by atoms with E-state index < -0.39 is 0 Å². The van der Waals surface area contributed by atoms with Crippen LogP contribution in [0, 0.1) is 11.3 Å². The smallest absolute Gasteiger partial charge is 0.0997 e. The summed E-state index contributed by atoms with van der Waals surface area (Å²) in [5.41, 5.74) is 3.21. The Balaban J connectivity index is 2.35. The van der Waals surface area contributed by atoms with Crippen molar-refractivity contribution in [2.24, 2.45) is 0 Å². The van der Waals surface area contributed by atoms with E-state index in [1.54, 1.807) is 0 Å². The third-order valence-electron chi connectivity index (χ3n) is 3.00. The highest BCUT2D eigenvalue weighted by molar-refractivity contribution is 5.79. The monoisotopic (exact) mass is 212 g/mol. The van der Waals surface area contributed by atoms with Gasteiger partial charge in [0.1, 0.15) is 0 Å². The molecule has 0 bridgehead atoms. The Morgan fingerprint density at radius 3 is 2.75 bits per heavy atom. The van der Waals surface area contributed by atoms with Crippen LogP contribution in [0.1, 0.15) is 25.3 Å². The standard InChI is InChI=1S/C14H16N2/c1-11-9-13(7-8-16-11)14(10-15)12-5-3-2-4-6-12/h2-6,11,16H,7-9H2,1H3. The van der Waals surface area contributed by atoms with Gasteiger partial charge in [-0.3, -0.25) is 0 Å². The van der Waals surface area contributed by atoms with Gasteiger partial charge < -0.3 is 5.32 Å². The average Bonchev–Trinajstić information content (AvgIpc) is 2.31. The number of nitriles is 1. The van der Waals surface area contributed by atoms with E-state index in [-0.39, 0.29) is 0 Å². The first-order chi connectivity index (χ1) is 7.81. The molecule has 1 heterocycles. The molecule has 0 saturated carbocycles. The van der Waals surface area contributed by atoms with Gasteiger partial charge in [-0.25, -0.2) is 0 Å². The molecule has 0 spiro atoms. The summed E-state index contributed by atoms with van der Waals surface area (Å²) in [5, 5.41) is 12.7. The maximum absolute atomic E-state index is 9.29. The summed E-state index contributed by atoms with van der Waals surface area (Å²) < 4.78 is 0. The van der Waals surface area contributed by atoms with Gasteiger partial charge in [0.05, 0.1) is 11.6 Å². The van der Waals surface area contributed by atoms with E-state index in [4.69, 9.17) is 0 Å². The van der Waals surface area contributed by atoms with Crippen LogP contribution in [0.5, 0.6) is 0 Å². The molecular formula is C14H16N2. The van der Waals surface area contributed by atoms with E-state index >= 15 is 0 Å². The molecule has 1 N–H and O–H groups in total. The lowest BCUT2D eigenvalue weighted by Gasteiger charge is -2.23. The zero-order valence-corrected chi connectivity index (χ0v) is 9.53. The molecule has 1 aromatic rings. The summed E-state index contributed by atoms with van der Waals surface area (Å²) in [5.74, 6) is 0. The molecule has 1 aliphatic heterocycles. The Bertz CT molecular complexity index is 426. The molecule has 1 aliphatic rings.